The van der Waals surface area contributed by atoms with Gasteiger partial charge in [0.05, 0.1) is 34.4 Å². The van der Waals surface area contributed by atoms with Crippen molar-refractivity contribution in [2.75, 3.05) is 11.9 Å². The van der Waals surface area contributed by atoms with E-state index in [-0.39, 0.29) is 17.5 Å². The van der Waals surface area contributed by atoms with Gasteiger partial charge in [-0.15, -0.1) is 0 Å². The van der Waals surface area contributed by atoms with Crippen LogP contribution in [-0.2, 0) is 6.42 Å². The quantitative estimate of drug-likeness (QED) is 0.241. The maximum Gasteiger partial charge on any atom is 0.269 e. The Morgan fingerprint density at radius 2 is 1.75 bits per heavy atom. The number of nitrogens with zero attached hydrogens (tertiary/aromatic N) is 3. The fourth-order valence-corrected chi connectivity index (χ4v) is 4.89. The van der Waals surface area contributed by atoms with Gasteiger partial charge in [0.1, 0.15) is 11.5 Å². The SMILES string of the molecule is Cc1cc(C)c2nc(-c3ccccc3Cl)cc(C(=O)Nc3ccc(C(=O)NCCc4oc(C)nc4C)nc3)c2c1. The number of nitrogens with one attached hydrogen (secondary N) is 2. The van der Waals surface area contributed by atoms with Crippen LogP contribution in [0, 0.1) is 27.7 Å². The van der Waals surface area contributed by atoms with Crippen molar-refractivity contribution in [2.45, 2.75) is 34.1 Å². The number of hydrogen-bond donors (Lipinski definition) is 2. The van der Waals surface area contributed by atoms with E-state index in [1.54, 1.807) is 31.2 Å². The minimum Gasteiger partial charge on any atom is -0.446 e. The molecule has 2 aromatic carbocycles. The average molecular weight is 554 g/mol. The highest BCUT2D eigenvalue weighted by atomic mass is 35.5. The fourth-order valence-electron chi connectivity index (χ4n) is 4.66. The summed E-state index contributed by atoms with van der Waals surface area (Å²) in [7, 11) is 0. The zero-order valence-electron chi connectivity index (χ0n) is 22.6. The minimum atomic E-state index is -0.317. The number of carbonyl (C=O) groups is 2. The molecule has 0 saturated heterocycles. The molecule has 5 rings (SSSR count). The third-order valence-corrected chi connectivity index (χ3v) is 6.86. The van der Waals surface area contributed by atoms with Gasteiger partial charge >= 0.3 is 0 Å². The first-order valence-electron chi connectivity index (χ1n) is 12.8. The monoisotopic (exact) mass is 553 g/mol. The molecular formula is C31H28ClN5O3. The first-order chi connectivity index (χ1) is 19.2. The molecule has 0 unspecified atom stereocenters. The number of pyridine rings is 2. The molecule has 0 spiro atoms. The molecule has 0 bridgehead atoms. The summed E-state index contributed by atoms with van der Waals surface area (Å²) in [5.74, 6) is 0.712. The van der Waals surface area contributed by atoms with Crippen molar-refractivity contribution in [1.82, 2.24) is 20.3 Å². The summed E-state index contributed by atoms with van der Waals surface area (Å²) < 4.78 is 5.54. The van der Waals surface area contributed by atoms with Gasteiger partial charge in [0.2, 0.25) is 0 Å². The molecule has 8 nitrogen and oxygen atoms in total. The summed E-state index contributed by atoms with van der Waals surface area (Å²) in [5, 5.41) is 7.03. The van der Waals surface area contributed by atoms with Gasteiger partial charge in [-0.05, 0) is 56.7 Å². The van der Waals surface area contributed by atoms with Gasteiger partial charge in [-0.1, -0.05) is 41.4 Å². The highest BCUT2D eigenvalue weighted by Gasteiger charge is 2.18. The minimum absolute atomic E-state index is 0.241. The largest absolute Gasteiger partial charge is 0.446 e. The van der Waals surface area contributed by atoms with Gasteiger partial charge in [-0.25, -0.2) is 15.0 Å². The Morgan fingerprint density at radius 3 is 2.45 bits per heavy atom. The maximum atomic E-state index is 13.6. The first-order valence-corrected chi connectivity index (χ1v) is 13.2. The molecular weight excluding hydrogens is 526 g/mol. The van der Waals surface area contributed by atoms with E-state index in [9.17, 15) is 9.59 Å². The van der Waals surface area contributed by atoms with Crippen molar-refractivity contribution in [3.8, 4) is 11.3 Å². The molecule has 3 aromatic heterocycles. The van der Waals surface area contributed by atoms with Crippen LogP contribution in [0.2, 0.25) is 5.02 Å². The summed E-state index contributed by atoms with van der Waals surface area (Å²) in [6, 6.07) is 16.4. The molecule has 2 N–H and O–H groups in total. The fraction of sp³-hybridized carbons (Fsp3) is 0.194. The normalized spacial score (nSPS) is 11.0. The predicted octanol–water partition coefficient (Wildman–Crippen LogP) is 6.40. The molecule has 0 radical (unpaired) electrons. The van der Waals surface area contributed by atoms with E-state index < -0.39 is 0 Å². The second-order valence-corrected chi connectivity index (χ2v) is 10.1. The van der Waals surface area contributed by atoms with Gasteiger partial charge < -0.3 is 15.1 Å². The average Bonchev–Trinajstić information content (AvgIpc) is 3.25. The molecule has 0 atom stereocenters. The Kier molecular flexibility index (Phi) is 7.62. The molecule has 202 valence electrons. The van der Waals surface area contributed by atoms with Crippen molar-refractivity contribution < 1.29 is 14.0 Å². The number of hydrogen-bond acceptors (Lipinski definition) is 6. The Labute approximate surface area is 236 Å². The van der Waals surface area contributed by atoms with Gasteiger partial charge in [0.25, 0.3) is 11.8 Å². The van der Waals surface area contributed by atoms with Crippen LogP contribution in [0.25, 0.3) is 22.2 Å². The van der Waals surface area contributed by atoms with Crippen LogP contribution >= 0.6 is 11.6 Å². The van der Waals surface area contributed by atoms with Crippen LogP contribution in [-0.4, -0.2) is 33.3 Å². The van der Waals surface area contributed by atoms with E-state index in [1.165, 1.54) is 6.20 Å². The van der Waals surface area contributed by atoms with Gasteiger partial charge in [0, 0.05) is 35.9 Å². The van der Waals surface area contributed by atoms with Crippen molar-refractivity contribution in [1.29, 1.82) is 0 Å². The second-order valence-electron chi connectivity index (χ2n) is 9.65. The Morgan fingerprint density at radius 1 is 0.950 bits per heavy atom. The van der Waals surface area contributed by atoms with Gasteiger partial charge in [-0.3, -0.25) is 9.59 Å². The smallest absolute Gasteiger partial charge is 0.269 e. The molecule has 40 heavy (non-hydrogen) atoms. The number of oxazole rings is 1. The molecule has 3 heterocycles. The Hall–Kier alpha value is -4.56. The van der Waals surface area contributed by atoms with Crippen molar-refractivity contribution in [2.24, 2.45) is 0 Å². The standard InChI is InChI=1S/C31H28ClN5O3/c1-17-13-18(2)29-23(14-17)24(15-27(37-29)22-7-5-6-8-25(22)32)30(38)36-21-9-10-26(34-16-21)31(39)33-12-11-28-19(3)35-20(4)40-28/h5-10,13-16H,11-12H2,1-4H3,(H,33,39)(H,36,38). The lowest BCUT2D eigenvalue weighted by atomic mass is 9.99. The first kappa shape index (κ1) is 27.0. The molecule has 9 heteroatoms. The predicted molar refractivity (Wildman–Crippen MR) is 156 cm³/mol. The van der Waals surface area contributed by atoms with Crippen LogP contribution in [0.5, 0.6) is 0 Å². The van der Waals surface area contributed by atoms with Crippen LogP contribution < -0.4 is 10.6 Å². The second kappa shape index (κ2) is 11.3. The number of benzene rings is 2. The molecule has 0 aliphatic carbocycles. The third kappa shape index (κ3) is 5.72. The number of anilines is 1. The van der Waals surface area contributed by atoms with E-state index >= 15 is 0 Å². The number of fused-ring (bicyclic) bond motifs is 1. The summed E-state index contributed by atoms with van der Waals surface area (Å²) >= 11 is 6.46. The number of aryl methyl sites for hydroxylation is 4. The van der Waals surface area contributed by atoms with Crippen LogP contribution in [0.3, 0.4) is 0 Å². The number of aromatic nitrogens is 3. The Bertz CT molecular complexity index is 1740. The van der Waals surface area contributed by atoms with Crippen molar-refractivity contribution in [3.05, 3.63) is 106 Å². The maximum absolute atomic E-state index is 13.6. The third-order valence-electron chi connectivity index (χ3n) is 6.53. The summed E-state index contributed by atoms with van der Waals surface area (Å²) in [4.78, 5) is 39.4. The lowest BCUT2D eigenvalue weighted by Gasteiger charge is -2.13. The lowest BCUT2D eigenvalue weighted by Crippen LogP contribution is -2.26. The van der Waals surface area contributed by atoms with Gasteiger partial charge in [-0.2, -0.15) is 0 Å². The van der Waals surface area contributed by atoms with Crippen LogP contribution in [0.4, 0.5) is 5.69 Å². The van der Waals surface area contributed by atoms with Crippen molar-refractivity contribution >= 4 is 40.0 Å². The highest BCUT2D eigenvalue weighted by molar-refractivity contribution is 6.33. The summed E-state index contributed by atoms with van der Waals surface area (Å²) in [6.45, 7) is 8.00. The number of amides is 2. The molecule has 0 aliphatic rings. The number of halogens is 1. The van der Waals surface area contributed by atoms with Crippen LogP contribution in [0.15, 0.2) is 65.2 Å². The number of carbonyl (C=O) groups excluding carboxylic acids is 2. The van der Waals surface area contributed by atoms with E-state index in [0.29, 0.717) is 40.8 Å². The zero-order chi connectivity index (χ0) is 28.4. The lowest BCUT2D eigenvalue weighted by molar-refractivity contribution is 0.0948. The van der Waals surface area contributed by atoms with Gasteiger partial charge in [0.15, 0.2) is 5.89 Å². The topological polar surface area (TPSA) is 110 Å². The molecule has 5 aromatic rings. The molecule has 0 aliphatic heterocycles. The van der Waals surface area contributed by atoms with E-state index in [0.717, 1.165) is 39.0 Å². The summed E-state index contributed by atoms with van der Waals surface area (Å²) in [5.41, 5.74) is 6.05. The van der Waals surface area contributed by atoms with E-state index in [4.69, 9.17) is 21.0 Å². The van der Waals surface area contributed by atoms with E-state index in [1.807, 2.05) is 51.1 Å². The Balaban J connectivity index is 1.35. The molecule has 0 fully saturated rings. The summed E-state index contributed by atoms with van der Waals surface area (Å²) in [6.07, 6.45) is 1.99. The molecule has 0 saturated carbocycles. The van der Waals surface area contributed by atoms with E-state index in [2.05, 4.69) is 20.6 Å². The van der Waals surface area contributed by atoms with Crippen LogP contribution in [0.1, 0.15) is 49.3 Å². The molecule has 2 amide bonds. The zero-order valence-corrected chi connectivity index (χ0v) is 23.4. The van der Waals surface area contributed by atoms with Crippen molar-refractivity contribution in [3.63, 3.8) is 0 Å². The highest BCUT2D eigenvalue weighted by Crippen LogP contribution is 2.32. The number of rotatable bonds is 7.